The third-order valence-electron chi connectivity index (χ3n) is 3.23. The highest BCUT2D eigenvalue weighted by Crippen LogP contribution is 2.24. The molecule has 6 heteroatoms. The van der Waals surface area contributed by atoms with E-state index in [0.717, 1.165) is 16.8 Å². The van der Waals surface area contributed by atoms with E-state index >= 15 is 0 Å². The first-order valence-corrected chi connectivity index (χ1v) is 7.94. The molecular weight excluding hydrogens is 305 g/mol. The Bertz CT molecular complexity index is 955. The fourth-order valence-corrected chi connectivity index (χ4v) is 3.23. The van der Waals surface area contributed by atoms with Crippen molar-refractivity contribution < 1.29 is 17.9 Å². The summed E-state index contributed by atoms with van der Waals surface area (Å²) in [5.41, 5.74) is -0.217. The molecular formula is C16H12FNO3S. The second kappa shape index (κ2) is 5.31. The summed E-state index contributed by atoms with van der Waals surface area (Å²) in [6.45, 7) is 0. The third-order valence-corrected chi connectivity index (χ3v) is 4.59. The van der Waals surface area contributed by atoms with Gasteiger partial charge in [-0.1, -0.05) is 30.3 Å². The topological polar surface area (TPSA) is 66.4 Å². The third kappa shape index (κ3) is 2.73. The van der Waals surface area contributed by atoms with Gasteiger partial charge in [0.05, 0.1) is 10.6 Å². The Hall–Kier alpha value is -2.60. The molecule has 0 saturated carbocycles. The highest BCUT2D eigenvalue weighted by atomic mass is 32.2. The Morgan fingerprint density at radius 1 is 0.909 bits per heavy atom. The van der Waals surface area contributed by atoms with E-state index in [0.29, 0.717) is 0 Å². The van der Waals surface area contributed by atoms with Crippen molar-refractivity contribution in [3.8, 4) is 5.75 Å². The van der Waals surface area contributed by atoms with Gasteiger partial charge >= 0.3 is 0 Å². The summed E-state index contributed by atoms with van der Waals surface area (Å²) in [5.74, 6) is -1.12. The smallest absolute Gasteiger partial charge is 0.262 e. The Balaban J connectivity index is 2.00. The number of benzene rings is 3. The second-order valence-corrected chi connectivity index (χ2v) is 6.46. The zero-order valence-electron chi connectivity index (χ0n) is 11.3. The lowest BCUT2D eigenvalue weighted by molar-refractivity contribution is 0.469. The van der Waals surface area contributed by atoms with Crippen LogP contribution in [0.2, 0.25) is 0 Å². The number of nitrogens with one attached hydrogen (secondary N) is 1. The average molecular weight is 317 g/mol. The Morgan fingerprint density at radius 2 is 1.64 bits per heavy atom. The van der Waals surface area contributed by atoms with Gasteiger partial charge in [-0.25, -0.2) is 12.8 Å². The zero-order valence-corrected chi connectivity index (χ0v) is 12.1. The summed E-state index contributed by atoms with van der Waals surface area (Å²) in [6.07, 6.45) is 0. The summed E-state index contributed by atoms with van der Waals surface area (Å²) in [6, 6.07) is 15.2. The van der Waals surface area contributed by atoms with E-state index in [1.807, 2.05) is 18.2 Å². The number of hydrogen-bond donors (Lipinski definition) is 2. The molecule has 0 heterocycles. The maximum atomic E-state index is 13.7. The maximum Gasteiger partial charge on any atom is 0.262 e. The van der Waals surface area contributed by atoms with Crippen molar-refractivity contribution >= 4 is 26.5 Å². The largest absolute Gasteiger partial charge is 0.508 e. The van der Waals surface area contributed by atoms with Crippen LogP contribution in [0.3, 0.4) is 0 Å². The molecule has 0 fully saturated rings. The molecule has 0 saturated heterocycles. The van der Waals surface area contributed by atoms with E-state index in [2.05, 4.69) is 4.72 Å². The fraction of sp³-hybridized carbons (Fsp3) is 0. The van der Waals surface area contributed by atoms with Gasteiger partial charge in [-0.05, 0) is 35.0 Å². The molecule has 3 aromatic rings. The molecule has 0 aliphatic carbocycles. The number of aromatic hydroxyl groups is 1. The molecule has 0 atom stereocenters. The zero-order chi connectivity index (χ0) is 15.7. The summed E-state index contributed by atoms with van der Waals surface area (Å²) < 4.78 is 40.5. The molecule has 22 heavy (non-hydrogen) atoms. The fourth-order valence-electron chi connectivity index (χ4n) is 2.13. The van der Waals surface area contributed by atoms with Gasteiger partial charge in [0.25, 0.3) is 10.0 Å². The van der Waals surface area contributed by atoms with E-state index in [1.165, 1.54) is 24.3 Å². The molecule has 3 aromatic carbocycles. The van der Waals surface area contributed by atoms with Gasteiger partial charge in [-0.3, -0.25) is 4.72 Å². The SMILES string of the molecule is O=S(=O)(Nc1ccc(O)cc1F)c1ccc2ccccc2c1. The van der Waals surface area contributed by atoms with Gasteiger partial charge < -0.3 is 5.11 Å². The highest BCUT2D eigenvalue weighted by molar-refractivity contribution is 7.92. The number of rotatable bonds is 3. The number of fused-ring (bicyclic) bond motifs is 1. The summed E-state index contributed by atoms with van der Waals surface area (Å²) in [7, 11) is -3.91. The van der Waals surface area contributed by atoms with Gasteiger partial charge in [0.15, 0.2) is 5.82 Å². The Labute approximate surface area is 126 Å². The van der Waals surface area contributed by atoms with Gasteiger partial charge in [0.2, 0.25) is 0 Å². The van der Waals surface area contributed by atoms with Crippen LogP contribution in [0, 0.1) is 5.82 Å². The first-order chi connectivity index (χ1) is 10.5. The van der Waals surface area contributed by atoms with Crippen LogP contribution in [0.4, 0.5) is 10.1 Å². The van der Waals surface area contributed by atoms with Crippen LogP contribution in [0.15, 0.2) is 65.6 Å². The summed E-state index contributed by atoms with van der Waals surface area (Å²) in [5, 5.41) is 10.8. The molecule has 112 valence electrons. The first-order valence-electron chi connectivity index (χ1n) is 6.46. The van der Waals surface area contributed by atoms with Crippen molar-refractivity contribution in [1.82, 2.24) is 0 Å². The number of sulfonamides is 1. The monoisotopic (exact) mass is 317 g/mol. The normalized spacial score (nSPS) is 11.5. The van der Waals surface area contributed by atoms with Crippen LogP contribution in [0.5, 0.6) is 5.75 Å². The summed E-state index contributed by atoms with van der Waals surface area (Å²) in [4.78, 5) is 0.0404. The Morgan fingerprint density at radius 3 is 2.36 bits per heavy atom. The lowest BCUT2D eigenvalue weighted by atomic mass is 10.1. The average Bonchev–Trinajstić information content (AvgIpc) is 2.49. The molecule has 0 aliphatic heterocycles. The van der Waals surface area contributed by atoms with Crippen molar-refractivity contribution in [2.75, 3.05) is 4.72 Å². The van der Waals surface area contributed by atoms with Crippen molar-refractivity contribution in [3.05, 3.63) is 66.5 Å². The molecule has 0 amide bonds. The van der Waals surface area contributed by atoms with Crippen molar-refractivity contribution in [2.24, 2.45) is 0 Å². The van der Waals surface area contributed by atoms with E-state index in [9.17, 15) is 12.8 Å². The highest BCUT2D eigenvalue weighted by Gasteiger charge is 2.16. The van der Waals surface area contributed by atoms with Gasteiger partial charge in [0, 0.05) is 6.07 Å². The minimum absolute atomic E-state index is 0.0404. The molecule has 3 rings (SSSR count). The van der Waals surface area contributed by atoms with Crippen molar-refractivity contribution in [3.63, 3.8) is 0 Å². The Kier molecular flexibility index (Phi) is 3.46. The minimum atomic E-state index is -3.91. The van der Waals surface area contributed by atoms with Crippen LogP contribution >= 0.6 is 0 Å². The lowest BCUT2D eigenvalue weighted by Crippen LogP contribution is -2.13. The molecule has 0 spiro atoms. The van der Waals surface area contributed by atoms with Gasteiger partial charge in [0.1, 0.15) is 5.75 Å². The van der Waals surface area contributed by atoms with Crippen LogP contribution < -0.4 is 4.72 Å². The minimum Gasteiger partial charge on any atom is -0.508 e. The van der Waals surface area contributed by atoms with Gasteiger partial charge in [-0.15, -0.1) is 0 Å². The van der Waals surface area contributed by atoms with E-state index in [4.69, 9.17) is 5.11 Å². The molecule has 0 unspecified atom stereocenters. The van der Waals surface area contributed by atoms with Crippen molar-refractivity contribution in [1.29, 1.82) is 0 Å². The lowest BCUT2D eigenvalue weighted by Gasteiger charge is -2.10. The number of anilines is 1. The summed E-state index contributed by atoms with van der Waals surface area (Å²) >= 11 is 0. The van der Waals surface area contributed by atoms with Crippen LogP contribution in [0.25, 0.3) is 10.8 Å². The second-order valence-electron chi connectivity index (χ2n) is 4.78. The van der Waals surface area contributed by atoms with E-state index < -0.39 is 15.8 Å². The van der Waals surface area contributed by atoms with Crippen LogP contribution in [0.1, 0.15) is 0 Å². The predicted molar refractivity (Wildman–Crippen MR) is 82.8 cm³/mol. The number of phenolic OH excluding ortho intramolecular Hbond substituents is 1. The standard InChI is InChI=1S/C16H12FNO3S/c17-15-10-13(19)6-8-16(15)18-22(20,21)14-7-5-11-3-1-2-4-12(11)9-14/h1-10,18-19H. The number of hydrogen-bond acceptors (Lipinski definition) is 3. The quantitative estimate of drug-likeness (QED) is 0.727. The molecule has 0 aromatic heterocycles. The van der Waals surface area contributed by atoms with Crippen LogP contribution in [-0.2, 0) is 10.0 Å². The molecule has 0 radical (unpaired) electrons. The molecule has 0 bridgehead atoms. The molecule has 2 N–H and O–H groups in total. The first kappa shape index (κ1) is 14.3. The van der Waals surface area contributed by atoms with Crippen molar-refractivity contribution in [2.45, 2.75) is 4.90 Å². The van der Waals surface area contributed by atoms with Gasteiger partial charge in [-0.2, -0.15) is 0 Å². The number of phenols is 1. The molecule has 0 aliphatic rings. The molecule has 4 nitrogen and oxygen atoms in total. The van der Waals surface area contributed by atoms with E-state index in [-0.39, 0.29) is 16.3 Å². The predicted octanol–water partition coefficient (Wildman–Crippen LogP) is 3.49. The maximum absolute atomic E-state index is 13.7. The number of halogens is 1. The van der Waals surface area contributed by atoms with E-state index in [1.54, 1.807) is 12.1 Å². The van der Waals surface area contributed by atoms with Crippen LogP contribution in [-0.4, -0.2) is 13.5 Å².